The first kappa shape index (κ1) is 15.6. The number of carbonyl (C=O) groups excluding carboxylic acids is 1. The van der Waals surface area contributed by atoms with E-state index < -0.39 is 0 Å². The number of amides is 1. The van der Waals surface area contributed by atoms with Crippen LogP contribution in [0.3, 0.4) is 0 Å². The van der Waals surface area contributed by atoms with E-state index in [1.807, 2.05) is 17.9 Å². The van der Waals surface area contributed by atoms with E-state index in [0.717, 1.165) is 43.1 Å². The minimum atomic E-state index is -0.337. The quantitative estimate of drug-likeness (QED) is 0.842. The molecule has 2 aliphatic rings. The van der Waals surface area contributed by atoms with Crippen LogP contribution in [0.25, 0.3) is 10.9 Å². The number of nitrogens with one attached hydrogen (secondary N) is 1. The predicted molar refractivity (Wildman–Crippen MR) is 90.4 cm³/mol. The highest BCUT2D eigenvalue weighted by atomic mass is 19.1. The lowest BCUT2D eigenvalue weighted by Gasteiger charge is -2.42. The minimum absolute atomic E-state index is 0.0822. The summed E-state index contributed by atoms with van der Waals surface area (Å²) >= 11 is 0. The molecule has 0 bridgehead atoms. The zero-order valence-corrected chi connectivity index (χ0v) is 13.9. The second kappa shape index (κ2) is 5.59. The third-order valence-corrected chi connectivity index (χ3v) is 6.01. The lowest BCUT2D eigenvalue weighted by molar-refractivity contribution is -0.00554. The van der Waals surface area contributed by atoms with Gasteiger partial charge in [-0.25, -0.2) is 4.39 Å². The Labute approximate surface area is 140 Å². The fraction of sp³-hybridized carbons (Fsp3) is 0.526. The highest BCUT2D eigenvalue weighted by molar-refractivity contribution is 6.01. The first-order valence-electron chi connectivity index (χ1n) is 8.76. The second-order valence-electron chi connectivity index (χ2n) is 7.39. The van der Waals surface area contributed by atoms with Crippen molar-refractivity contribution in [3.05, 3.63) is 35.3 Å². The van der Waals surface area contributed by atoms with Gasteiger partial charge in [0.15, 0.2) is 0 Å². The van der Waals surface area contributed by atoms with Crippen LogP contribution in [0.15, 0.2) is 18.2 Å². The van der Waals surface area contributed by atoms with Crippen LogP contribution in [-0.4, -0.2) is 40.1 Å². The zero-order chi connectivity index (χ0) is 16.9. The number of likely N-dealkylation sites (tertiary alicyclic amines) is 1. The summed E-state index contributed by atoms with van der Waals surface area (Å²) in [5.41, 5.74) is 1.52. The van der Waals surface area contributed by atoms with Crippen LogP contribution in [0.5, 0.6) is 0 Å². The lowest BCUT2D eigenvalue weighted by Crippen LogP contribution is -2.49. The number of aryl methyl sites for hydroxylation is 1. The average Bonchev–Trinajstić information content (AvgIpc) is 3.10. The van der Waals surface area contributed by atoms with Crippen molar-refractivity contribution >= 4 is 16.8 Å². The van der Waals surface area contributed by atoms with Crippen LogP contribution in [0.1, 0.15) is 48.2 Å². The number of fused-ring (bicyclic) bond motifs is 1. The summed E-state index contributed by atoms with van der Waals surface area (Å²) in [5, 5.41) is 11.1. The molecule has 2 heterocycles. The van der Waals surface area contributed by atoms with Crippen LogP contribution < -0.4 is 0 Å². The fourth-order valence-corrected chi connectivity index (χ4v) is 4.62. The molecule has 4 nitrogen and oxygen atoms in total. The SMILES string of the molecule is Cc1c(C(=O)N2CCC[C@@]3(CCC[C@H]3O)C2)[nH]c2c(F)cccc12. The molecule has 1 aliphatic carbocycles. The van der Waals surface area contributed by atoms with E-state index in [4.69, 9.17) is 0 Å². The Morgan fingerprint density at radius 3 is 2.88 bits per heavy atom. The molecular formula is C19H23FN2O2. The van der Waals surface area contributed by atoms with Crippen molar-refractivity contribution in [2.45, 2.75) is 45.1 Å². The van der Waals surface area contributed by atoms with Crippen LogP contribution in [-0.2, 0) is 0 Å². The highest BCUT2D eigenvalue weighted by Crippen LogP contribution is 2.45. The van der Waals surface area contributed by atoms with Gasteiger partial charge >= 0.3 is 0 Å². The highest BCUT2D eigenvalue weighted by Gasteiger charge is 2.45. The number of para-hydroxylation sites is 1. The molecule has 1 saturated heterocycles. The van der Waals surface area contributed by atoms with Crippen molar-refractivity contribution in [3.8, 4) is 0 Å². The monoisotopic (exact) mass is 330 g/mol. The Kier molecular flexibility index (Phi) is 3.64. The second-order valence-corrected chi connectivity index (χ2v) is 7.39. The number of benzene rings is 1. The normalized spacial score (nSPS) is 27.3. The predicted octanol–water partition coefficient (Wildman–Crippen LogP) is 3.38. The molecular weight excluding hydrogens is 307 g/mol. The minimum Gasteiger partial charge on any atom is -0.392 e. The number of hydrogen-bond donors (Lipinski definition) is 2. The van der Waals surface area contributed by atoms with E-state index in [0.29, 0.717) is 24.3 Å². The largest absolute Gasteiger partial charge is 0.392 e. The van der Waals surface area contributed by atoms with Crippen molar-refractivity contribution in [1.29, 1.82) is 0 Å². The summed E-state index contributed by atoms with van der Waals surface area (Å²) in [6, 6.07) is 4.90. The number of hydrogen-bond acceptors (Lipinski definition) is 2. The number of aliphatic hydroxyl groups is 1. The zero-order valence-electron chi connectivity index (χ0n) is 13.9. The fourth-order valence-electron chi connectivity index (χ4n) is 4.62. The number of aromatic amines is 1. The van der Waals surface area contributed by atoms with Crippen LogP contribution in [0.4, 0.5) is 4.39 Å². The van der Waals surface area contributed by atoms with E-state index in [2.05, 4.69) is 4.98 Å². The van der Waals surface area contributed by atoms with Gasteiger partial charge in [0, 0.05) is 23.9 Å². The van der Waals surface area contributed by atoms with E-state index in [9.17, 15) is 14.3 Å². The standard InChI is InChI=1S/C19H23FN2O2/c1-12-13-5-2-6-14(20)17(13)21-16(12)18(24)22-10-4-9-19(11-22)8-3-7-15(19)23/h2,5-6,15,21,23H,3-4,7-11H2,1H3/t15-,19+/m1/s1. The maximum Gasteiger partial charge on any atom is 0.270 e. The summed E-state index contributed by atoms with van der Waals surface area (Å²) in [4.78, 5) is 17.9. The molecule has 2 fully saturated rings. The molecule has 1 amide bonds. The average molecular weight is 330 g/mol. The first-order chi connectivity index (χ1) is 11.5. The Morgan fingerprint density at radius 2 is 2.17 bits per heavy atom. The maximum absolute atomic E-state index is 14.0. The van der Waals surface area contributed by atoms with Crippen molar-refractivity contribution in [3.63, 3.8) is 0 Å². The van der Waals surface area contributed by atoms with Gasteiger partial charge in [-0.1, -0.05) is 18.6 Å². The molecule has 24 heavy (non-hydrogen) atoms. The first-order valence-corrected chi connectivity index (χ1v) is 8.76. The van der Waals surface area contributed by atoms with Crippen molar-refractivity contribution < 1.29 is 14.3 Å². The number of carbonyl (C=O) groups is 1. The third kappa shape index (κ3) is 2.25. The van der Waals surface area contributed by atoms with Gasteiger partial charge < -0.3 is 15.0 Å². The number of halogens is 1. The van der Waals surface area contributed by atoms with Gasteiger partial charge in [0.2, 0.25) is 0 Å². The summed E-state index contributed by atoms with van der Waals surface area (Å²) in [6.45, 7) is 3.16. The summed E-state index contributed by atoms with van der Waals surface area (Å²) in [5.74, 6) is -0.419. The Hall–Kier alpha value is -1.88. The third-order valence-electron chi connectivity index (χ3n) is 6.01. The Bertz CT molecular complexity index is 800. The molecule has 1 aromatic carbocycles. The molecule has 2 N–H and O–H groups in total. The van der Waals surface area contributed by atoms with Crippen LogP contribution >= 0.6 is 0 Å². The number of nitrogens with zero attached hydrogens (tertiary/aromatic N) is 1. The van der Waals surface area contributed by atoms with E-state index in [1.165, 1.54) is 6.07 Å². The smallest absolute Gasteiger partial charge is 0.270 e. The number of piperidine rings is 1. The van der Waals surface area contributed by atoms with Gasteiger partial charge in [0.25, 0.3) is 5.91 Å². The topological polar surface area (TPSA) is 56.3 Å². The summed E-state index contributed by atoms with van der Waals surface area (Å²) in [6.07, 6.45) is 4.43. The maximum atomic E-state index is 14.0. The van der Waals surface area contributed by atoms with E-state index in [-0.39, 0.29) is 23.2 Å². The molecule has 0 unspecified atom stereocenters. The van der Waals surface area contributed by atoms with Gasteiger partial charge in [-0.2, -0.15) is 0 Å². The van der Waals surface area contributed by atoms with Crippen LogP contribution in [0, 0.1) is 18.2 Å². The Balaban J connectivity index is 1.66. The number of aromatic nitrogens is 1. The van der Waals surface area contributed by atoms with Gasteiger partial charge in [-0.05, 0) is 44.2 Å². The lowest BCUT2D eigenvalue weighted by atomic mass is 9.76. The van der Waals surface area contributed by atoms with Gasteiger partial charge in [0.1, 0.15) is 11.5 Å². The van der Waals surface area contributed by atoms with Crippen LogP contribution in [0.2, 0.25) is 0 Å². The van der Waals surface area contributed by atoms with Gasteiger partial charge in [-0.15, -0.1) is 0 Å². The molecule has 0 radical (unpaired) electrons. The van der Waals surface area contributed by atoms with E-state index >= 15 is 0 Å². The number of H-pyrrole nitrogens is 1. The number of aliphatic hydroxyl groups excluding tert-OH is 1. The van der Waals surface area contributed by atoms with Gasteiger partial charge in [0.05, 0.1) is 11.6 Å². The summed E-state index contributed by atoms with van der Waals surface area (Å²) < 4.78 is 14.0. The molecule has 1 spiro atoms. The van der Waals surface area contributed by atoms with Gasteiger partial charge in [-0.3, -0.25) is 4.79 Å². The van der Waals surface area contributed by atoms with Crippen molar-refractivity contribution in [2.24, 2.45) is 5.41 Å². The molecule has 2 atom stereocenters. The molecule has 1 saturated carbocycles. The molecule has 128 valence electrons. The van der Waals surface area contributed by atoms with Crippen molar-refractivity contribution in [2.75, 3.05) is 13.1 Å². The number of rotatable bonds is 1. The molecule has 4 rings (SSSR count). The molecule has 2 aromatic rings. The molecule has 1 aliphatic heterocycles. The van der Waals surface area contributed by atoms with E-state index in [1.54, 1.807) is 6.07 Å². The molecule has 1 aromatic heterocycles. The van der Waals surface area contributed by atoms with Crippen molar-refractivity contribution in [1.82, 2.24) is 9.88 Å². The summed E-state index contributed by atoms with van der Waals surface area (Å²) in [7, 11) is 0. The molecule has 5 heteroatoms. The Morgan fingerprint density at radius 1 is 1.38 bits per heavy atom.